The van der Waals surface area contributed by atoms with Gasteiger partial charge in [-0.15, -0.1) is 0 Å². The molecule has 2 spiro atoms. The van der Waals surface area contributed by atoms with Crippen LogP contribution in [-0.2, 0) is 11.2 Å². The van der Waals surface area contributed by atoms with Crippen molar-refractivity contribution in [2.75, 3.05) is 31.1 Å². The van der Waals surface area contributed by atoms with Gasteiger partial charge in [-0.25, -0.2) is 0 Å². The minimum Gasteiger partial charge on any atom is -0.487 e. The number of aliphatic hydroxyl groups is 1. The maximum absolute atomic E-state index is 11.0. The third-order valence-corrected chi connectivity index (χ3v) is 9.41. The Balaban J connectivity index is 0.990. The molecule has 7 rings (SSSR count). The van der Waals surface area contributed by atoms with Crippen molar-refractivity contribution in [2.24, 2.45) is 11.3 Å². The summed E-state index contributed by atoms with van der Waals surface area (Å²) >= 11 is 0. The molecular formula is C27H33N3O3. The van der Waals surface area contributed by atoms with E-state index in [1.807, 2.05) is 12.3 Å². The van der Waals surface area contributed by atoms with Gasteiger partial charge in [0.25, 0.3) is 0 Å². The quantitative estimate of drug-likeness (QED) is 0.778. The number of benzene rings is 1. The largest absolute Gasteiger partial charge is 0.487 e. The highest BCUT2D eigenvalue weighted by molar-refractivity contribution is 5.55. The van der Waals surface area contributed by atoms with Crippen LogP contribution < -0.4 is 9.64 Å². The number of aromatic nitrogens is 1. The lowest BCUT2D eigenvalue weighted by molar-refractivity contribution is -0.0726. The minimum atomic E-state index is -0.666. The number of ether oxygens (including phenoxy) is 2. The first-order chi connectivity index (χ1) is 16.0. The van der Waals surface area contributed by atoms with E-state index in [4.69, 9.17) is 9.47 Å². The van der Waals surface area contributed by atoms with Gasteiger partial charge < -0.3 is 19.5 Å². The molecule has 1 aromatic heterocycles. The van der Waals surface area contributed by atoms with Crippen LogP contribution in [0.4, 0.5) is 5.69 Å². The summed E-state index contributed by atoms with van der Waals surface area (Å²) in [5.74, 6) is 1.74. The lowest BCUT2D eigenvalue weighted by Gasteiger charge is -2.48. The van der Waals surface area contributed by atoms with Crippen molar-refractivity contribution >= 4 is 5.69 Å². The van der Waals surface area contributed by atoms with Gasteiger partial charge in [-0.05, 0) is 62.3 Å². The molecule has 5 atom stereocenters. The molecule has 174 valence electrons. The molecule has 33 heavy (non-hydrogen) atoms. The van der Waals surface area contributed by atoms with Gasteiger partial charge in [0, 0.05) is 25.0 Å². The van der Waals surface area contributed by atoms with Gasteiger partial charge in [-0.3, -0.25) is 9.88 Å². The molecular weight excluding hydrogens is 414 g/mol. The molecule has 2 aromatic rings. The fourth-order valence-electron chi connectivity index (χ4n) is 7.12. The second-order valence-electron chi connectivity index (χ2n) is 11.0. The Hall–Kier alpha value is -2.15. The van der Waals surface area contributed by atoms with Crippen molar-refractivity contribution in [1.29, 1.82) is 0 Å². The van der Waals surface area contributed by atoms with Crippen LogP contribution in [0, 0.1) is 18.3 Å². The average molecular weight is 448 g/mol. The van der Waals surface area contributed by atoms with Crippen LogP contribution in [0.25, 0.3) is 0 Å². The predicted octanol–water partition coefficient (Wildman–Crippen LogP) is 3.46. The number of piperidine rings is 1. The van der Waals surface area contributed by atoms with E-state index in [0.717, 1.165) is 69.1 Å². The normalized spacial score (nSPS) is 34.6. The fourth-order valence-corrected chi connectivity index (χ4v) is 7.12. The summed E-state index contributed by atoms with van der Waals surface area (Å²) in [4.78, 5) is 9.23. The maximum Gasteiger partial charge on any atom is 0.150 e. The molecule has 6 heteroatoms. The third kappa shape index (κ3) is 2.87. The van der Waals surface area contributed by atoms with Gasteiger partial charge in [0.05, 0.1) is 36.3 Å². The number of likely N-dealkylation sites (tertiary alicyclic amines) is 1. The molecule has 3 saturated heterocycles. The number of aliphatic hydroxyl groups excluding tert-OH is 1. The predicted molar refractivity (Wildman–Crippen MR) is 125 cm³/mol. The van der Waals surface area contributed by atoms with Gasteiger partial charge in [-0.1, -0.05) is 24.6 Å². The van der Waals surface area contributed by atoms with Crippen molar-refractivity contribution in [3.8, 4) is 5.75 Å². The van der Waals surface area contributed by atoms with Crippen molar-refractivity contribution < 1.29 is 14.6 Å². The topological polar surface area (TPSA) is 58.1 Å². The zero-order valence-electron chi connectivity index (χ0n) is 19.5. The van der Waals surface area contributed by atoms with Crippen LogP contribution in [0.1, 0.15) is 49.2 Å². The number of fused-ring (bicyclic) bond motifs is 1. The van der Waals surface area contributed by atoms with Gasteiger partial charge in [0.15, 0.2) is 6.23 Å². The zero-order valence-corrected chi connectivity index (χ0v) is 19.5. The van der Waals surface area contributed by atoms with Crippen LogP contribution in [0.5, 0.6) is 5.75 Å². The molecule has 5 unspecified atom stereocenters. The maximum atomic E-state index is 11.0. The number of anilines is 1. The van der Waals surface area contributed by atoms with Crippen LogP contribution in [0.15, 0.2) is 36.5 Å². The minimum absolute atomic E-state index is 0.0929. The van der Waals surface area contributed by atoms with Crippen LogP contribution in [-0.4, -0.2) is 59.0 Å². The first kappa shape index (κ1) is 20.2. The van der Waals surface area contributed by atoms with Gasteiger partial charge in [0.1, 0.15) is 11.4 Å². The number of nitrogens with zero attached hydrogens (tertiary/aromatic N) is 3. The molecule has 5 aliphatic rings. The Labute approximate surface area is 195 Å². The number of pyridine rings is 1. The first-order valence-corrected chi connectivity index (χ1v) is 12.5. The van der Waals surface area contributed by atoms with Gasteiger partial charge in [-0.2, -0.15) is 0 Å². The molecule has 4 fully saturated rings. The molecule has 1 aliphatic carbocycles. The van der Waals surface area contributed by atoms with Gasteiger partial charge in [0.2, 0.25) is 0 Å². The van der Waals surface area contributed by atoms with E-state index < -0.39 is 6.23 Å². The van der Waals surface area contributed by atoms with Crippen LogP contribution in [0.3, 0.4) is 0 Å². The summed E-state index contributed by atoms with van der Waals surface area (Å²) in [6.07, 6.45) is 5.74. The summed E-state index contributed by atoms with van der Waals surface area (Å²) in [6, 6.07) is 11.1. The van der Waals surface area contributed by atoms with Crippen LogP contribution in [0.2, 0.25) is 0 Å². The second-order valence-corrected chi connectivity index (χ2v) is 11.0. The Morgan fingerprint density at radius 3 is 2.76 bits per heavy atom. The number of hydrogen-bond acceptors (Lipinski definition) is 6. The van der Waals surface area contributed by atoms with E-state index >= 15 is 0 Å². The van der Waals surface area contributed by atoms with E-state index in [2.05, 4.69) is 52.9 Å². The molecule has 4 aliphatic heterocycles. The van der Waals surface area contributed by atoms with Crippen molar-refractivity contribution in [3.05, 3.63) is 53.3 Å². The number of aryl methyl sites for hydroxylation is 2. The summed E-state index contributed by atoms with van der Waals surface area (Å²) in [5, 5.41) is 11.0. The van der Waals surface area contributed by atoms with E-state index in [0.29, 0.717) is 23.5 Å². The fraction of sp³-hybridized carbons (Fsp3) is 0.593. The first-order valence-electron chi connectivity index (χ1n) is 12.5. The Kier molecular flexibility index (Phi) is 4.25. The van der Waals surface area contributed by atoms with Crippen molar-refractivity contribution in [2.45, 2.75) is 63.5 Å². The third-order valence-electron chi connectivity index (χ3n) is 9.41. The standard InChI is InChI=1S/C27H33N3O3/c1-17-3-6-22-19(13-17)7-8-26(33-22)9-11-29(12-10-26)25(31)21-5-4-20(14-28-21)30-16-27-18(2)24(27)32-15-23(27)30/h3-6,13-14,18,23-25,31H,7-12,15-16H2,1-2H3. The molecule has 0 amide bonds. The smallest absolute Gasteiger partial charge is 0.150 e. The lowest BCUT2D eigenvalue weighted by atomic mass is 9.82. The molecule has 0 radical (unpaired) electrons. The highest BCUT2D eigenvalue weighted by Crippen LogP contribution is 2.68. The van der Waals surface area contributed by atoms with Gasteiger partial charge >= 0.3 is 0 Å². The average Bonchev–Trinajstić information content (AvgIpc) is 3.30. The van der Waals surface area contributed by atoms with Crippen LogP contribution >= 0.6 is 0 Å². The van der Waals surface area contributed by atoms with E-state index in [-0.39, 0.29) is 5.60 Å². The van der Waals surface area contributed by atoms with E-state index in [1.165, 1.54) is 11.1 Å². The SMILES string of the molecule is Cc1ccc2c(c1)CCC1(CCN(C(O)c3ccc(N4CC56C(C)C5OCC46)cn3)CC1)O2. The molecule has 1 N–H and O–H groups in total. The number of rotatable bonds is 3. The Bertz CT molecular complexity index is 1080. The van der Waals surface area contributed by atoms with E-state index in [9.17, 15) is 5.11 Å². The monoisotopic (exact) mass is 447 g/mol. The lowest BCUT2D eigenvalue weighted by Crippen LogP contribution is -2.59. The summed E-state index contributed by atoms with van der Waals surface area (Å²) in [6.45, 7) is 7.99. The summed E-state index contributed by atoms with van der Waals surface area (Å²) in [5.41, 5.74) is 4.81. The zero-order chi connectivity index (χ0) is 22.4. The summed E-state index contributed by atoms with van der Waals surface area (Å²) < 4.78 is 12.5. The highest BCUT2D eigenvalue weighted by atomic mass is 16.5. The second kappa shape index (κ2) is 6.94. The molecule has 0 bridgehead atoms. The van der Waals surface area contributed by atoms with E-state index in [1.54, 1.807) is 0 Å². The highest BCUT2D eigenvalue weighted by Gasteiger charge is 2.78. The van der Waals surface area contributed by atoms with Crippen molar-refractivity contribution in [1.82, 2.24) is 9.88 Å². The molecule has 6 nitrogen and oxygen atoms in total. The Morgan fingerprint density at radius 2 is 2.00 bits per heavy atom. The Morgan fingerprint density at radius 1 is 1.15 bits per heavy atom. The molecule has 5 heterocycles. The summed E-state index contributed by atoms with van der Waals surface area (Å²) in [7, 11) is 0. The number of hydrogen-bond donors (Lipinski definition) is 1. The molecule has 1 aromatic carbocycles. The molecule has 1 saturated carbocycles. The van der Waals surface area contributed by atoms with Crippen molar-refractivity contribution in [3.63, 3.8) is 0 Å².